The third kappa shape index (κ3) is 6.70. The fourth-order valence-electron chi connectivity index (χ4n) is 6.90. The van der Waals surface area contributed by atoms with Crippen molar-refractivity contribution in [1.29, 1.82) is 5.41 Å². The van der Waals surface area contributed by atoms with E-state index in [2.05, 4.69) is 22.3 Å². The quantitative estimate of drug-likeness (QED) is 0.230. The summed E-state index contributed by atoms with van der Waals surface area (Å²) in [5.74, 6) is -0.246. The molecule has 3 amide bonds. The predicted octanol–water partition coefficient (Wildman–Crippen LogP) is 2.19. The van der Waals surface area contributed by atoms with Gasteiger partial charge < -0.3 is 30.9 Å². The lowest BCUT2D eigenvalue weighted by atomic mass is 9.57. The predicted molar refractivity (Wildman–Crippen MR) is 166 cm³/mol. The number of carbonyl (C=O) groups is 4. The summed E-state index contributed by atoms with van der Waals surface area (Å²) >= 11 is 0. The monoisotopic (exact) mass is 603 g/mol. The van der Waals surface area contributed by atoms with Gasteiger partial charge in [-0.25, -0.2) is 4.79 Å². The van der Waals surface area contributed by atoms with Gasteiger partial charge in [0.1, 0.15) is 0 Å². The molecule has 5 N–H and O–H groups in total. The third-order valence-electron chi connectivity index (χ3n) is 9.49. The van der Waals surface area contributed by atoms with Gasteiger partial charge in [-0.3, -0.25) is 24.7 Å². The highest BCUT2D eigenvalue weighted by Crippen LogP contribution is 2.53. The molecule has 2 saturated heterocycles. The molecule has 1 aliphatic carbocycles. The van der Waals surface area contributed by atoms with Crippen LogP contribution >= 0.6 is 0 Å². The lowest BCUT2D eigenvalue weighted by Gasteiger charge is -2.52. The number of piperidine rings is 1. The number of nitrogens with zero attached hydrogens (tertiary/aromatic N) is 4. The third-order valence-corrected chi connectivity index (χ3v) is 9.49. The number of likely N-dealkylation sites (tertiary alicyclic amines) is 1. The van der Waals surface area contributed by atoms with Crippen LogP contribution in [0.1, 0.15) is 47.2 Å². The molecule has 12 heteroatoms. The first-order valence-corrected chi connectivity index (χ1v) is 15.1. The number of piperazine rings is 1. The van der Waals surface area contributed by atoms with Gasteiger partial charge in [0.05, 0.1) is 12.1 Å². The van der Waals surface area contributed by atoms with Gasteiger partial charge in [0.15, 0.2) is 5.96 Å². The smallest absolute Gasteiger partial charge is 0.335 e. The zero-order valence-electron chi connectivity index (χ0n) is 25.1. The Labute approximate surface area is 257 Å². The van der Waals surface area contributed by atoms with Crippen LogP contribution in [0, 0.1) is 16.7 Å². The Hall–Kier alpha value is -4.45. The number of carboxylic acids is 1. The zero-order valence-corrected chi connectivity index (χ0v) is 25.1. The Balaban J connectivity index is 0.000000270. The molecule has 3 heterocycles. The number of rotatable bonds is 5. The molecule has 3 aliphatic heterocycles. The summed E-state index contributed by atoms with van der Waals surface area (Å²) in [7, 11) is 1.98. The summed E-state index contributed by atoms with van der Waals surface area (Å²) in [5, 5.41) is 18.5. The number of hydrogen-bond donors (Lipinski definition) is 4. The van der Waals surface area contributed by atoms with Crippen molar-refractivity contribution in [3.63, 3.8) is 0 Å². The number of aromatic carboxylic acids is 1. The first-order chi connectivity index (χ1) is 21.1. The second-order valence-corrected chi connectivity index (χ2v) is 12.3. The fourth-order valence-corrected chi connectivity index (χ4v) is 6.90. The van der Waals surface area contributed by atoms with E-state index in [-0.39, 0.29) is 34.7 Å². The van der Waals surface area contributed by atoms with E-state index in [4.69, 9.17) is 16.2 Å². The molecule has 0 unspecified atom stereocenters. The van der Waals surface area contributed by atoms with Crippen LogP contribution in [-0.2, 0) is 27.3 Å². The maximum atomic E-state index is 13.3. The largest absolute Gasteiger partial charge is 0.478 e. The molecule has 44 heavy (non-hydrogen) atoms. The van der Waals surface area contributed by atoms with Crippen molar-refractivity contribution >= 4 is 41.5 Å². The summed E-state index contributed by atoms with van der Waals surface area (Å²) in [6.45, 7) is 5.11. The number of benzene rings is 2. The van der Waals surface area contributed by atoms with Crippen LogP contribution in [0.5, 0.6) is 0 Å². The van der Waals surface area contributed by atoms with Crippen molar-refractivity contribution in [1.82, 2.24) is 14.7 Å². The molecule has 4 aliphatic rings. The van der Waals surface area contributed by atoms with E-state index in [1.165, 1.54) is 35.4 Å². The molecule has 1 spiro atoms. The van der Waals surface area contributed by atoms with E-state index < -0.39 is 5.97 Å². The van der Waals surface area contributed by atoms with Gasteiger partial charge in [-0.2, -0.15) is 0 Å². The minimum absolute atomic E-state index is 0.128. The molecule has 0 radical (unpaired) electrons. The number of guanidine groups is 1. The molecule has 0 atom stereocenters. The first kappa shape index (κ1) is 31.0. The van der Waals surface area contributed by atoms with Gasteiger partial charge in [-0.05, 0) is 86.0 Å². The van der Waals surface area contributed by atoms with Gasteiger partial charge >= 0.3 is 5.97 Å². The summed E-state index contributed by atoms with van der Waals surface area (Å²) in [6.07, 6.45) is 5.34. The average molecular weight is 604 g/mol. The van der Waals surface area contributed by atoms with E-state index >= 15 is 0 Å². The van der Waals surface area contributed by atoms with Crippen LogP contribution < -0.4 is 16.0 Å². The number of likely N-dealkylation sites (N-methyl/N-ethyl adjacent to an activating group) is 1. The number of fused-ring (bicyclic) bond motifs is 1. The zero-order chi connectivity index (χ0) is 31.4. The molecule has 6 rings (SSSR count). The van der Waals surface area contributed by atoms with Crippen LogP contribution in [0.4, 0.5) is 11.4 Å². The lowest BCUT2D eigenvalue weighted by Crippen LogP contribution is -2.54. The van der Waals surface area contributed by atoms with Crippen LogP contribution in [0.25, 0.3) is 0 Å². The Bertz CT molecular complexity index is 1410. The maximum absolute atomic E-state index is 13.3. The van der Waals surface area contributed by atoms with E-state index in [0.29, 0.717) is 25.2 Å². The highest BCUT2D eigenvalue weighted by atomic mass is 16.4. The van der Waals surface area contributed by atoms with Gasteiger partial charge in [-0.1, -0.05) is 12.1 Å². The molecule has 2 aromatic rings. The molecule has 0 aromatic heterocycles. The van der Waals surface area contributed by atoms with Gasteiger partial charge in [0.25, 0.3) is 0 Å². The lowest BCUT2D eigenvalue weighted by molar-refractivity contribution is -0.146. The highest BCUT2D eigenvalue weighted by Gasteiger charge is 2.49. The normalized spacial score (nSPS) is 19.8. The Kier molecular flexibility index (Phi) is 9.19. The first-order valence-electron chi connectivity index (χ1n) is 15.1. The Morgan fingerprint density at radius 2 is 1.70 bits per heavy atom. The van der Waals surface area contributed by atoms with Gasteiger partial charge in [0.2, 0.25) is 18.2 Å². The summed E-state index contributed by atoms with van der Waals surface area (Å²) in [5.41, 5.74) is 10.1. The molecular formula is C32H41N7O5. The van der Waals surface area contributed by atoms with E-state index in [1.54, 1.807) is 0 Å². The van der Waals surface area contributed by atoms with Crippen molar-refractivity contribution in [2.45, 2.75) is 38.6 Å². The Morgan fingerprint density at radius 3 is 2.32 bits per heavy atom. The standard InChI is InChI=1S/C24H34N6O2.C8H7NO3/c1-27-11-12-30(21(31)16-27)20-4-2-3-17-15-29(8-5-19(17)20)22(32)18-13-24(14-18)6-9-28(10-7-24)23(25)26;10-5-9-7-3-1-6(2-4-7)8(11)12/h2-4,18H,5-16H2,1H3,(H3,25,26);1-5H,(H,9,10)(H,11,12). The molecule has 234 valence electrons. The van der Waals surface area contributed by atoms with Crippen LogP contribution in [-0.4, -0.2) is 96.3 Å². The van der Waals surface area contributed by atoms with E-state index in [1.807, 2.05) is 27.8 Å². The second-order valence-electron chi connectivity index (χ2n) is 12.3. The van der Waals surface area contributed by atoms with Crippen molar-refractivity contribution in [3.05, 3.63) is 59.2 Å². The molecule has 1 saturated carbocycles. The van der Waals surface area contributed by atoms with Gasteiger partial charge in [-0.15, -0.1) is 0 Å². The number of nitrogens with two attached hydrogens (primary N) is 1. The Morgan fingerprint density at radius 1 is 1.00 bits per heavy atom. The van der Waals surface area contributed by atoms with Crippen LogP contribution in [0.3, 0.4) is 0 Å². The topological polar surface area (TPSA) is 163 Å². The summed E-state index contributed by atoms with van der Waals surface area (Å²) < 4.78 is 0. The number of anilines is 2. The van der Waals surface area contributed by atoms with Crippen molar-refractivity contribution in [3.8, 4) is 0 Å². The number of hydrogen-bond acceptors (Lipinski definition) is 6. The number of carboxylic acid groups (broad SMARTS) is 1. The second kappa shape index (κ2) is 13.0. The minimum Gasteiger partial charge on any atom is -0.478 e. The van der Waals surface area contributed by atoms with E-state index in [9.17, 15) is 19.2 Å². The fraction of sp³-hybridized carbons (Fsp3) is 0.469. The molecule has 0 bridgehead atoms. The summed E-state index contributed by atoms with van der Waals surface area (Å²) in [4.78, 5) is 54.2. The molecule has 12 nitrogen and oxygen atoms in total. The van der Waals surface area contributed by atoms with Crippen molar-refractivity contribution in [2.75, 3.05) is 56.5 Å². The van der Waals surface area contributed by atoms with Crippen LogP contribution in [0.2, 0.25) is 0 Å². The number of carbonyl (C=O) groups excluding carboxylic acids is 3. The summed E-state index contributed by atoms with van der Waals surface area (Å²) in [6, 6.07) is 12.1. The van der Waals surface area contributed by atoms with E-state index in [0.717, 1.165) is 70.5 Å². The average Bonchev–Trinajstić information content (AvgIpc) is 3.00. The van der Waals surface area contributed by atoms with Crippen molar-refractivity contribution in [2.24, 2.45) is 17.1 Å². The van der Waals surface area contributed by atoms with Crippen LogP contribution in [0.15, 0.2) is 42.5 Å². The number of amides is 3. The molecule has 2 aromatic carbocycles. The minimum atomic E-state index is -0.979. The number of nitrogens with one attached hydrogen (secondary N) is 2. The molecular weight excluding hydrogens is 562 g/mol. The van der Waals surface area contributed by atoms with Crippen molar-refractivity contribution < 1.29 is 24.3 Å². The maximum Gasteiger partial charge on any atom is 0.335 e. The highest BCUT2D eigenvalue weighted by molar-refractivity contribution is 5.96. The van der Waals surface area contributed by atoms with Gasteiger partial charge in [0, 0.05) is 56.6 Å². The SMILES string of the molecule is CN1CCN(c2cccc3c2CCN(C(=O)C2CC4(CCN(C(=N)N)CC4)C2)C3)C(=O)C1.O=CNc1ccc(C(=O)O)cc1. The molecule has 3 fully saturated rings.